The van der Waals surface area contributed by atoms with E-state index in [0.717, 1.165) is 22.6 Å². The first-order chi connectivity index (χ1) is 11.5. The van der Waals surface area contributed by atoms with Gasteiger partial charge in [0.15, 0.2) is 0 Å². The third kappa shape index (κ3) is 4.55. The molecule has 2 heterocycles. The number of nitrogens with zero attached hydrogens (tertiary/aromatic N) is 2. The molecule has 0 atom stereocenters. The highest BCUT2D eigenvalue weighted by atomic mass is 32.2. The first-order valence-electron chi connectivity index (χ1n) is 7.21. The highest BCUT2D eigenvalue weighted by Crippen LogP contribution is 2.20. The lowest BCUT2D eigenvalue weighted by Crippen LogP contribution is -2.06. The summed E-state index contributed by atoms with van der Waals surface area (Å²) in [4.78, 5) is 31.3. The van der Waals surface area contributed by atoms with Crippen molar-refractivity contribution in [2.75, 3.05) is 14.2 Å². The van der Waals surface area contributed by atoms with Gasteiger partial charge in [-0.25, -0.2) is 19.6 Å². The van der Waals surface area contributed by atoms with Crippen LogP contribution in [0.1, 0.15) is 37.8 Å². The van der Waals surface area contributed by atoms with E-state index in [1.807, 2.05) is 13.0 Å². The topological polar surface area (TPSA) is 78.4 Å². The minimum atomic E-state index is -0.444. The highest BCUT2D eigenvalue weighted by molar-refractivity contribution is 7.97. The Morgan fingerprint density at radius 2 is 1.79 bits per heavy atom. The zero-order valence-corrected chi connectivity index (χ0v) is 14.6. The fourth-order valence-electron chi connectivity index (χ4n) is 2.00. The molecule has 0 aromatic carbocycles. The van der Waals surface area contributed by atoms with Crippen molar-refractivity contribution in [3.8, 4) is 0 Å². The second-order valence-corrected chi connectivity index (χ2v) is 5.97. The van der Waals surface area contributed by atoms with Gasteiger partial charge in [0.1, 0.15) is 11.4 Å². The zero-order valence-electron chi connectivity index (χ0n) is 13.7. The monoisotopic (exact) mass is 346 g/mol. The van der Waals surface area contributed by atoms with Crippen molar-refractivity contribution in [3.63, 3.8) is 0 Å². The summed E-state index contributed by atoms with van der Waals surface area (Å²) in [6.07, 6.45) is 1.69. The lowest BCUT2D eigenvalue weighted by molar-refractivity contribution is 0.0585. The Morgan fingerprint density at radius 1 is 1.08 bits per heavy atom. The van der Waals surface area contributed by atoms with Gasteiger partial charge >= 0.3 is 11.9 Å². The van der Waals surface area contributed by atoms with Crippen LogP contribution in [0.25, 0.3) is 0 Å². The molecular formula is C17H18N2O4S. The molecule has 2 aromatic heterocycles. The summed E-state index contributed by atoms with van der Waals surface area (Å²) in [6.45, 7) is 1.93. The van der Waals surface area contributed by atoms with Crippen LogP contribution in [0.3, 0.4) is 0 Å². The van der Waals surface area contributed by atoms with E-state index in [0.29, 0.717) is 17.1 Å². The maximum Gasteiger partial charge on any atom is 0.356 e. The molecular weight excluding hydrogens is 328 g/mol. The fourth-order valence-corrected chi connectivity index (χ4v) is 2.99. The van der Waals surface area contributed by atoms with E-state index in [-0.39, 0.29) is 0 Å². The fraction of sp³-hybridized carbons (Fsp3) is 0.294. The molecule has 0 saturated carbocycles. The van der Waals surface area contributed by atoms with Crippen LogP contribution in [0.4, 0.5) is 0 Å². The first-order valence-corrected chi connectivity index (χ1v) is 8.36. The largest absolute Gasteiger partial charge is 0.464 e. The smallest absolute Gasteiger partial charge is 0.356 e. The Balaban J connectivity index is 1.97. The molecule has 0 bridgehead atoms. The molecule has 0 saturated heterocycles. The minimum absolute atomic E-state index is 0.302. The molecule has 126 valence electrons. The van der Waals surface area contributed by atoms with Gasteiger partial charge in [0, 0.05) is 17.7 Å². The van der Waals surface area contributed by atoms with Crippen LogP contribution in [0, 0.1) is 6.92 Å². The van der Waals surface area contributed by atoms with Crippen molar-refractivity contribution in [2.45, 2.75) is 18.4 Å². The second-order valence-electron chi connectivity index (χ2n) is 4.99. The number of carbonyl (C=O) groups excluding carboxylic acids is 2. The average molecular weight is 346 g/mol. The Kier molecular flexibility index (Phi) is 6.31. The van der Waals surface area contributed by atoms with Crippen LogP contribution < -0.4 is 0 Å². The minimum Gasteiger partial charge on any atom is -0.464 e. The summed E-state index contributed by atoms with van der Waals surface area (Å²) >= 11 is 1.65. The van der Waals surface area contributed by atoms with Crippen molar-refractivity contribution in [1.29, 1.82) is 0 Å². The predicted molar refractivity (Wildman–Crippen MR) is 90.9 cm³/mol. The van der Waals surface area contributed by atoms with E-state index in [1.54, 1.807) is 36.2 Å². The Hall–Kier alpha value is -2.41. The number of carbonyl (C=O) groups is 2. The molecule has 0 aliphatic heterocycles. The van der Waals surface area contributed by atoms with Crippen LogP contribution in [-0.2, 0) is 21.0 Å². The van der Waals surface area contributed by atoms with Gasteiger partial charge in [-0.15, -0.1) is 0 Å². The van der Waals surface area contributed by atoms with Crippen molar-refractivity contribution < 1.29 is 19.1 Å². The van der Waals surface area contributed by atoms with E-state index >= 15 is 0 Å². The molecule has 0 fully saturated rings. The molecule has 0 amide bonds. The summed E-state index contributed by atoms with van der Waals surface area (Å²) in [5, 5.41) is 0. The van der Waals surface area contributed by atoms with Crippen molar-refractivity contribution in [3.05, 3.63) is 58.7 Å². The number of rotatable bonds is 6. The summed E-state index contributed by atoms with van der Waals surface area (Å²) in [7, 11) is 2.66. The molecule has 0 unspecified atom stereocenters. The summed E-state index contributed by atoms with van der Waals surface area (Å²) in [5.74, 6) is 0.495. The third-order valence-electron chi connectivity index (χ3n) is 3.32. The van der Waals surface area contributed by atoms with Crippen LogP contribution >= 0.6 is 11.8 Å². The number of methoxy groups -OCH3 is 2. The summed E-state index contributed by atoms with van der Waals surface area (Å²) < 4.78 is 9.32. The van der Waals surface area contributed by atoms with Crippen molar-refractivity contribution in [1.82, 2.24) is 9.97 Å². The molecule has 24 heavy (non-hydrogen) atoms. The number of hydrogen-bond donors (Lipinski definition) is 0. The SMILES string of the molecule is COC(=O)c1cc(C)c(CSCc2cccc(C(=O)OC)n2)cn1. The Labute approximate surface area is 144 Å². The maximum atomic E-state index is 11.5. The molecule has 0 aliphatic carbocycles. The number of ether oxygens (including phenoxy) is 2. The lowest BCUT2D eigenvalue weighted by atomic mass is 10.1. The second kappa shape index (κ2) is 8.44. The first kappa shape index (κ1) is 17.9. The molecule has 6 nitrogen and oxygen atoms in total. The van der Waals surface area contributed by atoms with Gasteiger partial charge in [-0.05, 0) is 36.2 Å². The van der Waals surface area contributed by atoms with Gasteiger partial charge in [0.2, 0.25) is 0 Å². The Bertz CT molecular complexity index is 749. The number of thioether (sulfide) groups is 1. The maximum absolute atomic E-state index is 11.5. The molecule has 2 rings (SSSR count). The quantitative estimate of drug-likeness (QED) is 0.744. The van der Waals surface area contributed by atoms with E-state index in [1.165, 1.54) is 14.2 Å². The van der Waals surface area contributed by atoms with E-state index in [9.17, 15) is 9.59 Å². The molecule has 0 aliphatic rings. The number of esters is 2. The molecule has 0 spiro atoms. The number of aromatic nitrogens is 2. The van der Waals surface area contributed by atoms with E-state index in [2.05, 4.69) is 19.4 Å². The molecule has 0 N–H and O–H groups in total. The average Bonchev–Trinajstić information content (AvgIpc) is 2.61. The Morgan fingerprint density at radius 3 is 2.46 bits per heavy atom. The van der Waals surface area contributed by atoms with Crippen LogP contribution in [0.5, 0.6) is 0 Å². The van der Waals surface area contributed by atoms with Crippen LogP contribution in [0.2, 0.25) is 0 Å². The van der Waals surface area contributed by atoms with Gasteiger partial charge in [-0.1, -0.05) is 6.07 Å². The highest BCUT2D eigenvalue weighted by Gasteiger charge is 2.10. The summed E-state index contributed by atoms with van der Waals surface area (Å²) in [6, 6.07) is 7.00. The third-order valence-corrected chi connectivity index (χ3v) is 4.34. The molecule has 7 heteroatoms. The number of aryl methyl sites for hydroxylation is 1. The van der Waals surface area contributed by atoms with Gasteiger partial charge in [0.25, 0.3) is 0 Å². The van der Waals surface area contributed by atoms with Crippen molar-refractivity contribution in [2.24, 2.45) is 0 Å². The summed E-state index contributed by atoms with van der Waals surface area (Å²) in [5.41, 5.74) is 3.43. The van der Waals surface area contributed by atoms with Gasteiger partial charge in [-0.3, -0.25) is 0 Å². The molecule has 0 radical (unpaired) electrons. The van der Waals surface area contributed by atoms with Crippen LogP contribution in [-0.4, -0.2) is 36.1 Å². The number of pyridine rings is 2. The zero-order chi connectivity index (χ0) is 17.5. The predicted octanol–water partition coefficient (Wildman–Crippen LogP) is 2.79. The lowest BCUT2D eigenvalue weighted by Gasteiger charge is -2.07. The van der Waals surface area contributed by atoms with E-state index in [4.69, 9.17) is 0 Å². The molecule has 2 aromatic rings. The van der Waals surface area contributed by atoms with Gasteiger partial charge in [0.05, 0.1) is 19.9 Å². The standard InChI is InChI=1S/C17H18N2O4S/c1-11-7-15(17(21)23-3)18-8-12(11)9-24-10-13-5-4-6-14(19-13)16(20)22-2/h4-8H,9-10H2,1-3H3. The van der Waals surface area contributed by atoms with Gasteiger partial charge in [-0.2, -0.15) is 11.8 Å². The van der Waals surface area contributed by atoms with Gasteiger partial charge < -0.3 is 9.47 Å². The normalized spacial score (nSPS) is 10.3. The van der Waals surface area contributed by atoms with Crippen molar-refractivity contribution >= 4 is 23.7 Å². The van der Waals surface area contributed by atoms with E-state index < -0.39 is 11.9 Å². The number of hydrogen-bond acceptors (Lipinski definition) is 7. The van der Waals surface area contributed by atoms with Crippen LogP contribution in [0.15, 0.2) is 30.5 Å².